The number of nitrogens with one attached hydrogen (secondary N) is 1. The predicted octanol–water partition coefficient (Wildman–Crippen LogP) is 4.55. The Hall–Kier alpha value is -1.60. The first-order valence-corrected chi connectivity index (χ1v) is 9.73. The zero-order valence-electron chi connectivity index (χ0n) is 13.3. The van der Waals surface area contributed by atoms with Crippen LogP contribution in [0.2, 0.25) is 0 Å². The molecule has 0 aliphatic heterocycles. The fourth-order valence-corrected chi connectivity index (χ4v) is 3.38. The van der Waals surface area contributed by atoms with Crippen molar-refractivity contribution in [1.29, 1.82) is 0 Å². The van der Waals surface area contributed by atoms with Crippen molar-refractivity contribution in [3.8, 4) is 0 Å². The Balaban J connectivity index is 1.68. The molecule has 0 spiro atoms. The Morgan fingerprint density at radius 2 is 2.04 bits per heavy atom. The van der Waals surface area contributed by atoms with Crippen molar-refractivity contribution >= 4 is 39.8 Å². The molecule has 5 nitrogen and oxygen atoms in total. The van der Waals surface area contributed by atoms with Crippen molar-refractivity contribution in [1.82, 2.24) is 15.2 Å². The van der Waals surface area contributed by atoms with Crippen LogP contribution >= 0.6 is 22.7 Å². The van der Waals surface area contributed by atoms with Crippen molar-refractivity contribution in [2.24, 2.45) is 0 Å². The summed E-state index contributed by atoms with van der Waals surface area (Å²) in [7, 11) is 0. The van der Waals surface area contributed by atoms with Crippen molar-refractivity contribution in [2.75, 3.05) is 5.32 Å². The third kappa shape index (κ3) is 7.00. The minimum Gasteiger partial charge on any atom is -0.297 e. The molecule has 1 N–H and O–H groups in total. The van der Waals surface area contributed by atoms with E-state index in [4.69, 9.17) is 0 Å². The molecule has 0 unspecified atom stereocenters. The molecule has 0 aliphatic carbocycles. The van der Waals surface area contributed by atoms with Crippen LogP contribution < -0.4 is 5.32 Å². The summed E-state index contributed by atoms with van der Waals surface area (Å²) in [6, 6.07) is 0. The molecule has 2 aromatic heterocycles. The Labute approximate surface area is 144 Å². The first kappa shape index (κ1) is 17.7. The van der Waals surface area contributed by atoms with Gasteiger partial charge in [0, 0.05) is 17.9 Å². The maximum absolute atomic E-state index is 11.8. The smallest absolute Gasteiger partial charge is 0.250 e. The van der Waals surface area contributed by atoms with Crippen LogP contribution in [0.4, 0.5) is 5.13 Å². The molecule has 23 heavy (non-hydrogen) atoms. The molecule has 124 valence electrons. The van der Waals surface area contributed by atoms with E-state index in [1.54, 1.807) is 11.6 Å². The van der Waals surface area contributed by atoms with Gasteiger partial charge in [0.2, 0.25) is 11.0 Å². The molecule has 7 heteroatoms. The fourth-order valence-electron chi connectivity index (χ4n) is 2.07. The summed E-state index contributed by atoms with van der Waals surface area (Å²) in [5.74, 6) is -0.208. The summed E-state index contributed by atoms with van der Waals surface area (Å²) in [4.78, 5) is 15.9. The van der Waals surface area contributed by atoms with Crippen LogP contribution in [-0.4, -0.2) is 21.1 Å². The SMILES string of the molecule is CCCCCCCCc1nnc(NC(=O)/C=C/c2cscn2)s1. The van der Waals surface area contributed by atoms with Gasteiger partial charge in [-0.2, -0.15) is 0 Å². The van der Waals surface area contributed by atoms with E-state index in [2.05, 4.69) is 27.4 Å². The van der Waals surface area contributed by atoms with E-state index >= 15 is 0 Å². The van der Waals surface area contributed by atoms with Gasteiger partial charge in [0.25, 0.3) is 0 Å². The maximum Gasteiger partial charge on any atom is 0.250 e. The van der Waals surface area contributed by atoms with Gasteiger partial charge in [-0.1, -0.05) is 50.4 Å². The summed E-state index contributed by atoms with van der Waals surface area (Å²) >= 11 is 2.95. The molecule has 0 bridgehead atoms. The Morgan fingerprint density at radius 1 is 1.22 bits per heavy atom. The monoisotopic (exact) mass is 350 g/mol. The fraction of sp³-hybridized carbons (Fsp3) is 0.500. The molecule has 0 radical (unpaired) electrons. The van der Waals surface area contributed by atoms with E-state index in [0.29, 0.717) is 5.13 Å². The highest BCUT2D eigenvalue weighted by atomic mass is 32.1. The Bertz CT molecular complexity index is 607. The average molecular weight is 351 g/mol. The highest BCUT2D eigenvalue weighted by Gasteiger charge is 2.06. The molecule has 0 saturated carbocycles. The highest BCUT2D eigenvalue weighted by molar-refractivity contribution is 7.15. The number of anilines is 1. The van der Waals surface area contributed by atoms with Crippen LogP contribution in [0.3, 0.4) is 0 Å². The lowest BCUT2D eigenvalue weighted by molar-refractivity contribution is -0.111. The molecule has 2 rings (SSSR count). The van der Waals surface area contributed by atoms with Crippen molar-refractivity contribution in [3.63, 3.8) is 0 Å². The van der Waals surface area contributed by atoms with Crippen LogP contribution in [0.1, 0.15) is 56.2 Å². The summed E-state index contributed by atoms with van der Waals surface area (Å²) < 4.78 is 0. The Morgan fingerprint density at radius 3 is 2.83 bits per heavy atom. The van der Waals surface area contributed by atoms with E-state index in [1.165, 1.54) is 60.9 Å². The van der Waals surface area contributed by atoms with Crippen LogP contribution in [0.5, 0.6) is 0 Å². The number of hydrogen-bond acceptors (Lipinski definition) is 6. The molecule has 0 aromatic carbocycles. The minimum atomic E-state index is -0.208. The second-order valence-electron chi connectivity index (χ2n) is 5.25. The molecule has 0 fully saturated rings. The van der Waals surface area contributed by atoms with Crippen molar-refractivity contribution in [3.05, 3.63) is 27.7 Å². The normalized spacial score (nSPS) is 11.2. The standard InChI is InChI=1S/C16H22N4OS2/c1-2-3-4-5-6-7-8-15-19-20-16(23-15)18-14(21)10-9-13-11-22-12-17-13/h9-12H,2-8H2,1H3,(H,18,20,21)/b10-9+. The summed E-state index contributed by atoms with van der Waals surface area (Å²) in [5, 5.41) is 14.3. The molecular weight excluding hydrogens is 328 g/mol. The summed E-state index contributed by atoms with van der Waals surface area (Å²) in [6.07, 6.45) is 11.7. The van der Waals surface area contributed by atoms with E-state index in [-0.39, 0.29) is 5.91 Å². The number of aromatic nitrogens is 3. The summed E-state index contributed by atoms with van der Waals surface area (Å²) in [5.41, 5.74) is 2.52. The lowest BCUT2D eigenvalue weighted by atomic mass is 10.1. The van der Waals surface area contributed by atoms with Gasteiger partial charge >= 0.3 is 0 Å². The number of unbranched alkanes of at least 4 members (excludes halogenated alkanes) is 5. The number of hydrogen-bond donors (Lipinski definition) is 1. The lowest BCUT2D eigenvalue weighted by Crippen LogP contribution is -2.07. The topological polar surface area (TPSA) is 67.8 Å². The van der Waals surface area contributed by atoms with Gasteiger partial charge < -0.3 is 0 Å². The number of aryl methyl sites for hydroxylation is 1. The zero-order chi connectivity index (χ0) is 16.3. The largest absolute Gasteiger partial charge is 0.297 e. The molecule has 1 amide bonds. The minimum absolute atomic E-state index is 0.208. The van der Waals surface area contributed by atoms with Gasteiger partial charge in [0.15, 0.2) is 0 Å². The maximum atomic E-state index is 11.8. The molecular formula is C16H22N4OS2. The van der Waals surface area contributed by atoms with Gasteiger partial charge in [-0.15, -0.1) is 21.5 Å². The highest BCUT2D eigenvalue weighted by Crippen LogP contribution is 2.18. The van der Waals surface area contributed by atoms with Crippen molar-refractivity contribution in [2.45, 2.75) is 51.9 Å². The third-order valence-electron chi connectivity index (χ3n) is 3.30. The van der Waals surface area contributed by atoms with E-state index in [9.17, 15) is 4.79 Å². The second-order valence-corrected chi connectivity index (χ2v) is 7.04. The van der Waals surface area contributed by atoms with Gasteiger partial charge in [-0.05, 0) is 12.5 Å². The van der Waals surface area contributed by atoms with Crippen LogP contribution in [-0.2, 0) is 11.2 Å². The number of carbonyl (C=O) groups excluding carboxylic acids is 1. The third-order valence-corrected chi connectivity index (χ3v) is 4.80. The number of nitrogens with zero attached hydrogens (tertiary/aromatic N) is 3. The molecule has 2 aromatic rings. The van der Waals surface area contributed by atoms with Crippen LogP contribution in [0, 0.1) is 0 Å². The van der Waals surface area contributed by atoms with E-state index in [1.807, 2.05) is 5.38 Å². The van der Waals surface area contributed by atoms with Gasteiger partial charge in [0.1, 0.15) is 5.01 Å². The summed E-state index contributed by atoms with van der Waals surface area (Å²) in [6.45, 7) is 2.23. The number of rotatable bonds is 10. The number of thiazole rings is 1. The van der Waals surface area contributed by atoms with Gasteiger partial charge in [-0.3, -0.25) is 10.1 Å². The van der Waals surface area contributed by atoms with E-state index in [0.717, 1.165) is 23.5 Å². The van der Waals surface area contributed by atoms with Gasteiger partial charge in [-0.25, -0.2) is 4.98 Å². The molecule has 0 atom stereocenters. The average Bonchev–Trinajstić information content (AvgIpc) is 3.20. The van der Waals surface area contributed by atoms with Crippen molar-refractivity contribution < 1.29 is 4.79 Å². The first-order valence-electron chi connectivity index (χ1n) is 7.97. The number of amides is 1. The molecule has 0 saturated heterocycles. The predicted molar refractivity (Wildman–Crippen MR) is 96.8 cm³/mol. The lowest BCUT2D eigenvalue weighted by Gasteiger charge is -1.98. The Kier molecular flexibility index (Phi) is 7.89. The van der Waals surface area contributed by atoms with Crippen LogP contribution in [0.25, 0.3) is 6.08 Å². The van der Waals surface area contributed by atoms with Gasteiger partial charge in [0.05, 0.1) is 11.2 Å². The first-order chi connectivity index (χ1) is 11.3. The second kappa shape index (κ2) is 10.2. The van der Waals surface area contributed by atoms with E-state index < -0.39 is 0 Å². The zero-order valence-corrected chi connectivity index (χ0v) is 15.0. The number of carbonyl (C=O) groups is 1. The molecule has 2 heterocycles. The van der Waals surface area contributed by atoms with Crippen LogP contribution in [0.15, 0.2) is 17.0 Å². The quantitative estimate of drug-likeness (QED) is 0.504. The molecule has 0 aliphatic rings.